The maximum Gasteiger partial charge on any atom is 0.249 e. The third-order valence-electron chi connectivity index (χ3n) is 6.04. The lowest BCUT2D eigenvalue weighted by atomic mass is 9.96. The van der Waals surface area contributed by atoms with Gasteiger partial charge >= 0.3 is 0 Å². The first-order valence-corrected chi connectivity index (χ1v) is 11.7. The Labute approximate surface area is 209 Å². The number of halogens is 1. The van der Waals surface area contributed by atoms with Crippen LogP contribution in [0.4, 0.5) is 0 Å². The summed E-state index contributed by atoms with van der Waals surface area (Å²) in [5.41, 5.74) is 2.72. The van der Waals surface area contributed by atoms with Crippen molar-refractivity contribution in [3.63, 3.8) is 0 Å². The van der Waals surface area contributed by atoms with Gasteiger partial charge in [-0.05, 0) is 47.9 Å². The van der Waals surface area contributed by atoms with Crippen LogP contribution >= 0.6 is 11.6 Å². The van der Waals surface area contributed by atoms with Crippen molar-refractivity contribution in [1.29, 1.82) is 0 Å². The van der Waals surface area contributed by atoms with E-state index >= 15 is 0 Å². The third-order valence-corrected chi connectivity index (χ3v) is 6.29. The fourth-order valence-electron chi connectivity index (χ4n) is 4.14. The number of benzene rings is 2. The second-order valence-electron chi connectivity index (χ2n) is 8.03. The molecule has 9 nitrogen and oxygen atoms in total. The Bertz CT molecular complexity index is 1200. The monoisotopic (exact) mass is 497 g/mol. The van der Waals surface area contributed by atoms with E-state index in [0.29, 0.717) is 54.0 Å². The van der Waals surface area contributed by atoms with Crippen molar-refractivity contribution in [3.8, 4) is 28.6 Å². The van der Waals surface area contributed by atoms with Crippen LogP contribution in [0.25, 0.3) is 17.0 Å². The molecule has 2 heterocycles. The molecule has 0 aliphatic carbocycles. The van der Waals surface area contributed by atoms with E-state index in [4.69, 9.17) is 25.8 Å². The van der Waals surface area contributed by atoms with Crippen LogP contribution < -0.4 is 14.2 Å². The number of carbonyl (C=O) groups is 1. The van der Waals surface area contributed by atoms with Crippen LogP contribution in [0.1, 0.15) is 31.4 Å². The highest BCUT2D eigenvalue weighted by Gasteiger charge is 2.29. The lowest BCUT2D eigenvalue weighted by Gasteiger charge is -2.30. The van der Waals surface area contributed by atoms with Gasteiger partial charge in [0.15, 0.2) is 6.04 Å². The molecule has 1 unspecified atom stereocenters. The molecule has 0 bridgehead atoms. The summed E-state index contributed by atoms with van der Waals surface area (Å²) < 4.78 is 16.6. The fraction of sp³-hybridized carbons (Fsp3) is 0.360. The summed E-state index contributed by atoms with van der Waals surface area (Å²) in [5.74, 6) is 2.39. The van der Waals surface area contributed by atoms with Crippen LogP contribution in [-0.2, 0) is 4.79 Å². The molecule has 0 radical (unpaired) electrons. The Morgan fingerprint density at radius 3 is 2.31 bits per heavy atom. The zero-order valence-corrected chi connectivity index (χ0v) is 21.0. The van der Waals surface area contributed by atoms with Crippen molar-refractivity contribution in [2.45, 2.75) is 25.8 Å². The van der Waals surface area contributed by atoms with Crippen LogP contribution in [-0.4, -0.2) is 65.4 Å². The molecule has 0 saturated heterocycles. The molecule has 1 atom stereocenters. The summed E-state index contributed by atoms with van der Waals surface area (Å²) in [7, 11) is 4.84. The van der Waals surface area contributed by atoms with E-state index in [2.05, 4.69) is 15.4 Å². The number of ether oxygens (including phenoxy) is 3. The first kappa shape index (κ1) is 24.5. The van der Waals surface area contributed by atoms with Gasteiger partial charge in [0.05, 0.1) is 26.9 Å². The second-order valence-corrected chi connectivity index (χ2v) is 8.47. The molecular weight excluding hydrogens is 470 g/mol. The van der Waals surface area contributed by atoms with Gasteiger partial charge in [-0.1, -0.05) is 24.6 Å². The van der Waals surface area contributed by atoms with E-state index in [1.165, 1.54) is 4.80 Å². The SMILES string of the molecule is CCC(C(=O)N1CC=C(c2c(OC)cc(OC)cc2OC)CC1)n1nnc(-c2ccc(Cl)cc2)n1. The van der Waals surface area contributed by atoms with Gasteiger partial charge in [0.1, 0.15) is 17.2 Å². The molecule has 4 rings (SSSR count). The molecule has 1 aliphatic heterocycles. The Hall–Kier alpha value is -3.59. The Kier molecular flexibility index (Phi) is 7.55. The zero-order valence-electron chi connectivity index (χ0n) is 20.2. The van der Waals surface area contributed by atoms with Gasteiger partial charge < -0.3 is 19.1 Å². The number of hydrogen-bond acceptors (Lipinski definition) is 7. The fourth-order valence-corrected chi connectivity index (χ4v) is 4.26. The van der Waals surface area contributed by atoms with Crippen LogP contribution in [0.2, 0.25) is 5.02 Å². The van der Waals surface area contributed by atoms with Gasteiger partial charge in [-0.25, -0.2) is 0 Å². The van der Waals surface area contributed by atoms with Crippen molar-refractivity contribution < 1.29 is 19.0 Å². The average molecular weight is 498 g/mol. The van der Waals surface area contributed by atoms with Gasteiger partial charge in [-0.15, -0.1) is 10.2 Å². The zero-order chi connectivity index (χ0) is 24.9. The van der Waals surface area contributed by atoms with Crippen LogP contribution in [0, 0.1) is 0 Å². The number of carbonyl (C=O) groups excluding carboxylic acids is 1. The molecule has 3 aromatic rings. The minimum Gasteiger partial charge on any atom is -0.496 e. The minimum atomic E-state index is -0.538. The predicted octanol–water partition coefficient (Wildman–Crippen LogP) is 4.29. The van der Waals surface area contributed by atoms with Crippen LogP contribution in [0.15, 0.2) is 42.5 Å². The van der Waals surface area contributed by atoms with E-state index in [9.17, 15) is 4.79 Å². The Morgan fingerprint density at radius 2 is 1.77 bits per heavy atom. The highest BCUT2D eigenvalue weighted by atomic mass is 35.5. The average Bonchev–Trinajstić information content (AvgIpc) is 3.38. The Morgan fingerprint density at radius 1 is 1.09 bits per heavy atom. The Balaban J connectivity index is 1.52. The van der Waals surface area contributed by atoms with Crippen molar-refractivity contribution in [3.05, 3.63) is 53.1 Å². The van der Waals surface area contributed by atoms with E-state index in [0.717, 1.165) is 16.7 Å². The maximum atomic E-state index is 13.4. The topological polar surface area (TPSA) is 91.6 Å². The number of aromatic nitrogens is 4. The van der Waals surface area contributed by atoms with Crippen molar-refractivity contribution in [1.82, 2.24) is 25.1 Å². The van der Waals surface area contributed by atoms with Gasteiger partial charge in [0.2, 0.25) is 11.7 Å². The number of methoxy groups -OCH3 is 3. The molecule has 1 aromatic heterocycles. The molecule has 184 valence electrons. The van der Waals surface area contributed by atoms with Gasteiger partial charge in [0, 0.05) is 35.8 Å². The highest BCUT2D eigenvalue weighted by Crippen LogP contribution is 2.41. The van der Waals surface area contributed by atoms with E-state index < -0.39 is 6.04 Å². The first-order valence-electron chi connectivity index (χ1n) is 11.3. The van der Waals surface area contributed by atoms with Crippen LogP contribution in [0.5, 0.6) is 17.2 Å². The van der Waals surface area contributed by atoms with Crippen molar-refractivity contribution >= 4 is 23.1 Å². The molecule has 0 saturated carbocycles. The summed E-state index contributed by atoms with van der Waals surface area (Å²) in [6.45, 7) is 2.95. The quantitative estimate of drug-likeness (QED) is 0.458. The number of tetrazole rings is 1. The van der Waals surface area contributed by atoms with Crippen molar-refractivity contribution in [2.24, 2.45) is 0 Å². The molecule has 1 aliphatic rings. The highest BCUT2D eigenvalue weighted by molar-refractivity contribution is 6.30. The lowest BCUT2D eigenvalue weighted by Crippen LogP contribution is -2.40. The van der Waals surface area contributed by atoms with Gasteiger partial charge in [0.25, 0.3) is 0 Å². The summed E-state index contributed by atoms with van der Waals surface area (Å²) in [6.07, 6.45) is 3.24. The molecule has 0 fully saturated rings. The van der Waals surface area contributed by atoms with E-state index in [-0.39, 0.29) is 5.91 Å². The predicted molar refractivity (Wildman–Crippen MR) is 133 cm³/mol. The van der Waals surface area contributed by atoms with E-state index in [1.54, 1.807) is 33.5 Å². The largest absolute Gasteiger partial charge is 0.496 e. The molecule has 1 amide bonds. The number of rotatable bonds is 8. The lowest BCUT2D eigenvalue weighted by molar-refractivity contribution is -0.135. The summed E-state index contributed by atoms with van der Waals surface area (Å²) in [4.78, 5) is 16.6. The maximum absolute atomic E-state index is 13.4. The first-order chi connectivity index (χ1) is 17.0. The smallest absolute Gasteiger partial charge is 0.249 e. The molecule has 0 spiro atoms. The van der Waals surface area contributed by atoms with Crippen LogP contribution in [0.3, 0.4) is 0 Å². The number of amides is 1. The van der Waals surface area contributed by atoms with Gasteiger partial charge in [-0.3, -0.25) is 4.79 Å². The number of hydrogen-bond donors (Lipinski definition) is 0. The molecule has 35 heavy (non-hydrogen) atoms. The standard InChI is InChI=1S/C25H28ClN5O4/c1-5-20(31-28-24(27-29-31)17-6-8-18(26)9-7-17)25(32)30-12-10-16(11-13-30)23-21(34-3)14-19(33-2)15-22(23)35-4/h6-10,14-15,20H,5,11-13H2,1-4H3. The van der Waals surface area contributed by atoms with Crippen molar-refractivity contribution in [2.75, 3.05) is 34.4 Å². The van der Waals surface area contributed by atoms with E-state index in [1.807, 2.05) is 42.2 Å². The number of nitrogens with zero attached hydrogens (tertiary/aromatic N) is 5. The normalized spacial score (nSPS) is 14.3. The molecule has 10 heteroatoms. The molecular formula is C25H28ClN5O4. The summed E-state index contributed by atoms with van der Waals surface area (Å²) in [5, 5.41) is 13.4. The summed E-state index contributed by atoms with van der Waals surface area (Å²) >= 11 is 5.97. The molecule has 0 N–H and O–H groups in total. The van der Waals surface area contributed by atoms with Gasteiger partial charge in [-0.2, -0.15) is 4.80 Å². The third kappa shape index (κ3) is 5.09. The molecule has 2 aromatic carbocycles. The minimum absolute atomic E-state index is 0.0449. The second kappa shape index (κ2) is 10.8. The summed E-state index contributed by atoms with van der Waals surface area (Å²) in [6, 6.07) is 10.3.